The summed E-state index contributed by atoms with van der Waals surface area (Å²) in [6, 6.07) is 3.40. The van der Waals surface area contributed by atoms with Gasteiger partial charge < -0.3 is 4.90 Å². The van der Waals surface area contributed by atoms with Crippen LogP contribution in [0.4, 0.5) is 0 Å². The summed E-state index contributed by atoms with van der Waals surface area (Å²) in [6.07, 6.45) is 0. The smallest absolute Gasteiger partial charge is 0.275 e. The lowest BCUT2D eigenvalue weighted by atomic mass is 10.3. The van der Waals surface area contributed by atoms with Crippen LogP contribution in [0.25, 0.3) is 0 Å². The Morgan fingerprint density at radius 2 is 1.78 bits per heavy atom. The summed E-state index contributed by atoms with van der Waals surface area (Å²) in [5.74, 6) is -0.129. The van der Waals surface area contributed by atoms with Crippen molar-refractivity contribution < 1.29 is 9.59 Å². The zero-order valence-electron chi connectivity index (χ0n) is 10.6. The van der Waals surface area contributed by atoms with E-state index < -0.39 is 0 Å². The van der Waals surface area contributed by atoms with Gasteiger partial charge in [0.2, 0.25) is 0 Å². The highest BCUT2D eigenvalue weighted by atomic mass is 32.1. The molecule has 18 heavy (non-hydrogen) atoms. The van der Waals surface area contributed by atoms with Gasteiger partial charge in [-0.1, -0.05) is 0 Å². The van der Waals surface area contributed by atoms with E-state index in [1.165, 1.54) is 18.3 Å². The first-order valence-corrected chi connectivity index (χ1v) is 6.73. The Balaban J connectivity index is 1.93. The molecule has 98 valence electrons. The Morgan fingerprint density at radius 3 is 2.33 bits per heavy atom. The number of hydrogen-bond acceptors (Lipinski definition) is 5. The van der Waals surface area contributed by atoms with Crippen LogP contribution in [0, 0.1) is 0 Å². The second kappa shape index (κ2) is 5.60. The topological polar surface area (TPSA) is 52.7 Å². The van der Waals surface area contributed by atoms with Gasteiger partial charge in [0, 0.05) is 26.2 Å². The molecule has 1 saturated heterocycles. The fourth-order valence-electron chi connectivity index (χ4n) is 1.77. The molecule has 1 aromatic heterocycles. The number of carbonyl (C=O) groups is 2. The number of hydrazine groups is 1. The number of thiophene rings is 1. The van der Waals surface area contributed by atoms with Crippen molar-refractivity contribution >= 4 is 23.0 Å². The normalized spacial score (nSPS) is 17.7. The molecule has 0 unspecified atom stereocenters. The molecule has 0 atom stereocenters. The lowest BCUT2D eigenvalue weighted by molar-refractivity contribution is 0.0666. The molecule has 2 rings (SSSR count). The van der Waals surface area contributed by atoms with E-state index in [0.717, 1.165) is 26.2 Å². The van der Waals surface area contributed by atoms with Gasteiger partial charge in [-0.3, -0.25) is 15.0 Å². The molecular formula is C12H17N3O2S. The van der Waals surface area contributed by atoms with Crippen LogP contribution in [0.1, 0.15) is 26.3 Å². The molecule has 0 radical (unpaired) electrons. The lowest BCUT2D eigenvalue weighted by Crippen LogP contribution is -2.52. The van der Waals surface area contributed by atoms with Crippen LogP contribution in [0.2, 0.25) is 0 Å². The number of piperazine rings is 1. The number of rotatable bonds is 3. The summed E-state index contributed by atoms with van der Waals surface area (Å²) in [5, 5.41) is 1.93. The Kier molecular flexibility index (Phi) is 4.11. The number of likely N-dealkylation sites (N-methyl/N-ethyl adjacent to an activating group) is 1. The molecule has 5 nitrogen and oxygen atoms in total. The molecular weight excluding hydrogens is 250 g/mol. The summed E-state index contributed by atoms with van der Waals surface area (Å²) >= 11 is 1.24. The molecule has 0 saturated carbocycles. The highest BCUT2D eigenvalue weighted by Gasteiger charge is 2.18. The fourth-order valence-corrected chi connectivity index (χ4v) is 2.56. The Bertz CT molecular complexity index is 450. The van der Waals surface area contributed by atoms with Gasteiger partial charge in [0.1, 0.15) is 0 Å². The van der Waals surface area contributed by atoms with Crippen molar-refractivity contribution in [2.24, 2.45) is 0 Å². The first-order valence-electron chi connectivity index (χ1n) is 5.91. The van der Waals surface area contributed by atoms with Crippen molar-refractivity contribution in [3.63, 3.8) is 0 Å². The van der Waals surface area contributed by atoms with Gasteiger partial charge in [-0.25, -0.2) is 5.01 Å². The Morgan fingerprint density at radius 1 is 1.17 bits per heavy atom. The van der Waals surface area contributed by atoms with Crippen molar-refractivity contribution in [1.29, 1.82) is 0 Å². The van der Waals surface area contributed by atoms with E-state index >= 15 is 0 Å². The Labute approximate surface area is 110 Å². The SMILES string of the molecule is CC(=O)c1ccc(C(=O)NN2CCN(C)CC2)s1. The van der Waals surface area contributed by atoms with Crippen LogP contribution < -0.4 is 5.43 Å². The summed E-state index contributed by atoms with van der Waals surface area (Å²) in [7, 11) is 2.07. The van der Waals surface area contributed by atoms with Crippen molar-refractivity contribution in [2.45, 2.75) is 6.92 Å². The van der Waals surface area contributed by atoms with Crippen molar-refractivity contribution in [1.82, 2.24) is 15.3 Å². The van der Waals surface area contributed by atoms with E-state index in [2.05, 4.69) is 17.4 Å². The molecule has 0 aliphatic carbocycles. The third-order valence-corrected chi connectivity index (χ3v) is 4.12. The molecule has 2 heterocycles. The van der Waals surface area contributed by atoms with Gasteiger partial charge in [0.05, 0.1) is 9.75 Å². The highest BCUT2D eigenvalue weighted by molar-refractivity contribution is 7.15. The minimum atomic E-state index is -0.128. The van der Waals surface area contributed by atoms with Crippen LogP contribution in [-0.4, -0.2) is 54.8 Å². The largest absolute Gasteiger partial charge is 0.304 e. The Hall–Kier alpha value is -1.24. The molecule has 0 aromatic carbocycles. The van der Waals surface area contributed by atoms with Gasteiger partial charge in [-0.05, 0) is 26.1 Å². The predicted octanol–water partition coefficient (Wildman–Crippen LogP) is 0.843. The third-order valence-electron chi connectivity index (χ3n) is 2.94. The first-order chi connectivity index (χ1) is 8.56. The summed E-state index contributed by atoms with van der Waals surface area (Å²) in [6.45, 7) is 5.06. The average Bonchev–Trinajstić information content (AvgIpc) is 2.81. The quantitative estimate of drug-likeness (QED) is 0.825. The van der Waals surface area contributed by atoms with Crippen LogP contribution in [0.3, 0.4) is 0 Å². The highest BCUT2D eigenvalue weighted by Crippen LogP contribution is 2.16. The van der Waals surface area contributed by atoms with Gasteiger partial charge in [-0.15, -0.1) is 11.3 Å². The van der Waals surface area contributed by atoms with Gasteiger partial charge in [0.25, 0.3) is 5.91 Å². The van der Waals surface area contributed by atoms with Gasteiger partial charge in [-0.2, -0.15) is 0 Å². The van der Waals surface area contributed by atoms with E-state index in [9.17, 15) is 9.59 Å². The summed E-state index contributed by atoms with van der Waals surface area (Å²) in [4.78, 5) is 26.6. The maximum absolute atomic E-state index is 12.0. The standard InChI is InChI=1S/C12H17N3O2S/c1-9(16)10-3-4-11(18-10)12(17)13-15-7-5-14(2)6-8-15/h3-4H,5-8H2,1-2H3,(H,13,17). The minimum absolute atomic E-state index is 0.00125. The second-order valence-electron chi connectivity index (χ2n) is 4.45. The minimum Gasteiger partial charge on any atom is -0.304 e. The molecule has 1 amide bonds. The van der Waals surface area contributed by atoms with Crippen LogP contribution in [0.5, 0.6) is 0 Å². The second-order valence-corrected chi connectivity index (χ2v) is 5.54. The lowest BCUT2D eigenvalue weighted by Gasteiger charge is -2.32. The number of nitrogens with zero attached hydrogens (tertiary/aromatic N) is 2. The molecule has 1 fully saturated rings. The number of ketones is 1. The first kappa shape index (κ1) is 13.2. The van der Waals surface area contributed by atoms with Crippen molar-refractivity contribution in [3.05, 3.63) is 21.9 Å². The number of amides is 1. The number of carbonyl (C=O) groups excluding carboxylic acids is 2. The molecule has 1 aliphatic heterocycles. The summed E-state index contributed by atoms with van der Waals surface area (Å²) < 4.78 is 0. The molecule has 0 bridgehead atoms. The molecule has 1 aliphatic rings. The van der Waals surface area contributed by atoms with Gasteiger partial charge in [0.15, 0.2) is 5.78 Å². The van der Waals surface area contributed by atoms with E-state index in [1.807, 2.05) is 5.01 Å². The third kappa shape index (κ3) is 3.16. The maximum atomic E-state index is 12.0. The predicted molar refractivity (Wildman–Crippen MR) is 70.9 cm³/mol. The molecule has 1 aromatic rings. The van der Waals surface area contributed by atoms with Crippen molar-refractivity contribution in [3.8, 4) is 0 Å². The summed E-state index contributed by atoms with van der Waals surface area (Å²) in [5.41, 5.74) is 2.87. The van der Waals surface area contributed by atoms with Crippen LogP contribution in [0.15, 0.2) is 12.1 Å². The number of Topliss-reactive ketones (excluding diaryl/α,β-unsaturated/α-hetero) is 1. The monoisotopic (exact) mass is 267 g/mol. The molecule has 0 spiro atoms. The van der Waals surface area contributed by atoms with Crippen LogP contribution in [-0.2, 0) is 0 Å². The number of hydrogen-bond donors (Lipinski definition) is 1. The fraction of sp³-hybridized carbons (Fsp3) is 0.500. The van der Waals surface area contributed by atoms with E-state index in [-0.39, 0.29) is 11.7 Å². The van der Waals surface area contributed by atoms with Crippen LogP contribution >= 0.6 is 11.3 Å². The van der Waals surface area contributed by atoms with Crippen molar-refractivity contribution in [2.75, 3.05) is 33.2 Å². The zero-order valence-corrected chi connectivity index (χ0v) is 11.4. The maximum Gasteiger partial charge on any atom is 0.275 e. The molecule has 6 heteroatoms. The van der Waals surface area contributed by atoms with E-state index in [0.29, 0.717) is 9.75 Å². The zero-order chi connectivity index (χ0) is 13.1. The molecule has 1 N–H and O–H groups in total. The number of nitrogens with one attached hydrogen (secondary N) is 1. The average molecular weight is 267 g/mol. The van der Waals surface area contributed by atoms with Gasteiger partial charge >= 0.3 is 0 Å². The van der Waals surface area contributed by atoms with E-state index in [4.69, 9.17) is 0 Å². The van der Waals surface area contributed by atoms with E-state index in [1.54, 1.807) is 12.1 Å².